The molecule has 4 nitrogen and oxygen atoms in total. The van der Waals surface area contributed by atoms with Crippen LogP contribution in [0.25, 0.3) is 0 Å². The molecule has 0 fully saturated rings. The highest BCUT2D eigenvalue weighted by molar-refractivity contribution is 9.11. The number of para-hydroxylation sites is 1. The van der Waals surface area contributed by atoms with Crippen LogP contribution in [0.15, 0.2) is 32.3 Å². The molecule has 1 aromatic carbocycles. The Hall–Kier alpha value is -0.470. The van der Waals surface area contributed by atoms with Crippen molar-refractivity contribution in [1.82, 2.24) is 0 Å². The number of rotatable bonds is 3. The third kappa shape index (κ3) is 3.17. The van der Waals surface area contributed by atoms with Crippen LogP contribution in [0.3, 0.4) is 0 Å². The summed E-state index contributed by atoms with van der Waals surface area (Å²) in [7, 11) is -3.77. The minimum atomic E-state index is -3.77. The number of nitrogen functional groups attached to an aromatic ring is 1. The topological polar surface area (TPSA) is 72.2 Å². The van der Waals surface area contributed by atoms with Crippen LogP contribution in [0.5, 0.6) is 0 Å². The fourth-order valence-corrected chi connectivity index (χ4v) is 5.08. The van der Waals surface area contributed by atoms with E-state index in [2.05, 4.69) is 20.7 Å². The van der Waals surface area contributed by atoms with E-state index in [0.717, 1.165) is 11.3 Å². The van der Waals surface area contributed by atoms with Gasteiger partial charge in [-0.2, -0.15) is 0 Å². The van der Waals surface area contributed by atoms with Gasteiger partial charge in [0.15, 0.2) is 0 Å². The molecule has 0 aliphatic heterocycles. The summed E-state index contributed by atoms with van der Waals surface area (Å²) in [4.78, 5) is 0. The molecule has 2 aromatic rings. The maximum atomic E-state index is 12.2. The van der Waals surface area contributed by atoms with Gasteiger partial charge in [-0.25, -0.2) is 8.42 Å². The molecule has 0 saturated carbocycles. The Morgan fingerprint density at radius 3 is 2.47 bits per heavy atom. The zero-order chi connectivity index (χ0) is 14.2. The molecule has 0 unspecified atom stereocenters. The van der Waals surface area contributed by atoms with Crippen molar-refractivity contribution in [2.45, 2.75) is 4.21 Å². The molecule has 0 aliphatic rings. The number of benzene rings is 1. The third-order valence-corrected chi connectivity index (χ3v) is 6.78. The van der Waals surface area contributed by atoms with Crippen molar-refractivity contribution in [2.24, 2.45) is 0 Å². The first-order valence-electron chi connectivity index (χ1n) is 4.83. The molecule has 0 atom stereocenters. The normalized spacial score (nSPS) is 11.5. The predicted octanol–water partition coefficient (Wildman–Crippen LogP) is 4.20. The molecule has 0 amide bonds. The van der Waals surface area contributed by atoms with E-state index < -0.39 is 10.0 Å². The standard InChI is InChI=1S/C10H7BrCl2N2O2S2/c11-10-6(13)4-8(18-10)19(16,17)15-9-5(12)2-1-3-7(9)14/h1-4,15H,14H2. The lowest BCUT2D eigenvalue weighted by atomic mass is 10.3. The van der Waals surface area contributed by atoms with Gasteiger partial charge in [0.25, 0.3) is 10.0 Å². The van der Waals surface area contributed by atoms with Gasteiger partial charge in [-0.15, -0.1) is 11.3 Å². The van der Waals surface area contributed by atoms with E-state index in [9.17, 15) is 8.42 Å². The first-order chi connectivity index (χ1) is 8.81. The quantitative estimate of drug-likeness (QED) is 0.757. The molecule has 19 heavy (non-hydrogen) atoms. The lowest BCUT2D eigenvalue weighted by Crippen LogP contribution is -2.13. The van der Waals surface area contributed by atoms with E-state index in [1.165, 1.54) is 6.07 Å². The molecule has 3 N–H and O–H groups in total. The van der Waals surface area contributed by atoms with Crippen molar-refractivity contribution in [3.8, 4) is 0 Å². The number of anilines is 2. The zero-order valence-corrected chi connectivity index (χ0v) is 13.9. The van der Waals surface area contributed by atoms with Crippen molar-refractivity contribution in [3.05, 3.63) is 38.1 Å². The van der Waals surface area contributed by atoms with E-state index in [4.69, 9.17) is 28.9 Å². The van der Waals surface area contributed by atoms with Crippen LogP contribution in [-0.2, 0) is 10.0 Å². The van der Waals surface area contributed by atoms with Crippen LogP contribution < -0.4 is 10.5 Å². The van der Waals surface area contributed by atoms with Crippen molar-refractivity contribution >= 4 is 71.9 Å². The van der Waals surface area contributed by atoms with E-state index in [1.54, 1.807) is 18.2 Å². The summed E-state index contributed by atoms with van der Waals surface area (Å²) in [5.41, 5.74) is 6.10. The minimum Gasteiger partial charge on any atom is -0.397 e. The summed E-state index contributed by atoms with van der Waals surface area (Å²) in [5.74, 6) is 0. The highest BCUT2D eigenvalue weighted by atomic mass is 79.9. The fraction of sp³-hybridized carbons (Fsp3) is 0. The van der Waals surface area contributed by atoms with Crippen molar-refractivity contribution in [1.29, 1.82) is 0 Å². The monoisotopic (exact) mass is 400 g/mol. The van der Waals surface area contributed by atoms with Gasteiger partial charge in [-0.05, 0) is 34.1 Å². The lowest BCUT2D eigenvalue weighted by Gasteiger charge is -2.10. The summed E-state index contributed by atoms with van der Waals surface area (Å²) in [6.45, 7) is 0. The van der Waals surface area contributed by atoms with Crippen LogP contribution in [-0.4, -0.2) is 8.42 Å². The fourth-order valence-electron chi connectivity index (χ4n) is 1.29. The molecule has 1 aromatic heterocycles. The largest absolute Gasteiger partial charge is 0.397 e. The highest BCUT2D eigenvalue weighted by Gasteiger charge is 2.21. The van der Waals surface area contributed by atoms with Crippen LogP contribution in [0, 0.1) is 0 Å². The second-order valence-corrected chi connectivity index (χ2v) is 8.59. The van der Waals surface area contributed by atoms with Gasteiger partial charge in [0, 0.05) is 0 Å². The summed E-state index contributed by atoms with van der Waals surface area (Å²) in [6.07, 6.45) is 0. The molecular formula is C10H7BrCl2N2O2S2. The molecular weight excluding hydrogens is 395 g/mol. The Bertz CT molecular complexity index is 691. The number of nitrogens with one attached hydrogen (secondary N) is 1. The summed E-state index contributed by atoms with van der Waals surface area (Å²) >= 11 is 15.9. The van der Waals surface area contributed by atoms with E-state index in [-0.39, 0.29) is 20.6 Å². The van der Waals surface area contributed by atoms with E-state index in [1.807, 2.05) is 0 Å². The first kappa shape index (κ1) is 14.9. The Morgan fingerprint density at radius 1 is 1.26 bits per heavy atom. The summed E-state index contributed by atoms with van der Waals surface area (Å²) in [5, 5.41) is 0.558. The Kier molecular flexibility index (Phi) is 4.32. The molecule has 0 bridgehead atoms. The van der Waals surface area contributed by atoms with Crippen molar-refractivity contribution in [3.63, 3.8) is 0 Å². The van der Waals surface area contributed by atoms with Crippen molar-refractivity contribution < 1.29 is 8.42 Å². The Balaban J connectivity index is 2.42. The van der Waals surface area contributed by atoms with Gasteiger partial charge in [-0.3, -0.25) is 4.72 Å². The number of halogens is 3. The number of hydrogen-bond donors (Lipinski definition) is 2. The summed E-state index contributed by atoms with van der Waals surface area (Å²) in [6, 6.07) is 6.09. The molecule has 0 radical (unpaired) electrons. The lowest BCUT2D eigenvalue weighted by molar-refractivity contribution is 0.603. The van der Waals surface area contributed by atoms with Gasteiger partial charge in [-0.1, -0.05) is 29.3 Å². The molecule has 0 aliphatic carbocycles. The van der Waals surface area contributed by atoms with Crippen molar-refractivity contribution in [2.75, 3.05) is 10.5 Å². The zero-order valence-electron chi connectivity index (χ0n) is 9.15. The maximum Gasteiger partial charge on any atom is 0.271 e. The highest BCUT2D eigenvalue weighted by Crippen LogP contribution is 2.37. The van der Waals surface area contributed by atoms with Gasteiger partial charge >= 0.3 is 0 Å². The maximum absolute atomic E-state index is 12.2. The van der Waals surface area contributed by atoms with Gasteiger partial charge in [0.05, 0.1) is 25.2 Å². The number of sulfonamides is 1. The van der Waals surface area contributed by atoms with Gasteiger partial charge < -0.3 is 5.73 Å². The molecule has 0 spiro atoms. The number of hydrogen-bond acceptors (Lipinski definition) is 4. The second-order valence-electron chi connectivity index (χ2n) is 3.50. The molecule has 1 heterocycles. The number of thiophene rings is 1. The average Bonchev–Trinajstić information content (AvgIpc) is 2.66. The van der Waals surface area contributed by atoms with E-state index in [0.29, 0.717) is 8.81 Å². The van der Waals surface area contributed by atoms with Gasteiger partial charge in [0.1, 0.15) is 4.21 Å². The Labute approximate surface area is 132 Å². The molecule has 102 valence electrons. The smallest absolute Gasteiger partial charge is 0.271 e. The third-order valence-electron chi connectivity index (χ3n) is 2.17. The van der Waals surface area contributed by atoms with Crippen LogP contribution in [0.4, 0.5) is 11.4 Å². The second kappa shape index (κ2) is 5.49. The van der Waals surface area contributed by atoms with Crippen LogP contribution >= 0.6 is 50.5 Å². The number of nitrogens with two attached hydrogens (primary N) is 1. The predicted molar refractivity (Wildman–Crippen MR) is 83.7 cm³/mol. The average molecular weight is 402 g/mol. The van der Waals surface area contributed by atoms with Crippen LogP contribution in [0.1, 0.15) is 0 Å². The van der Waals surface area contributed by atoms with Gasteiger partial charge in [0.2, 0.25) is 0 Å². The summed E-state index contributed by atoms with van der Waals surface area (Å²) < 4.78 is 27.3. The first-order valence-corrected chi connectivity index (χ1v) is 8.68. The van der Waals surface area contributed by atoms with Crippen LogP contribution in [0.2, 0.25) is 10.0 Å². The van der Waals surface area contributed by atoms with E-state index >= 15 is 0 Å². The molecule has 2 rings (SSSR count). The molecule has 9 heteroatoms. The Morgan fingerprint density at radius 2 is 1.95 bits per heavy atom. The molecule has 0 saturated heterocycles. The SMILES string of the molecule is Nc1cccc(Cl)c1NS(=O)(=O)c1cc(Cl)c(Br)s1. The minimum absolute atomic E-state index is 0.0729.